The van der Waals surface area contributed by atoms with Crippen molar-refractivity contribution in [1.82, 2.24) is 0 Å². The van der Waals surface area contributed by atoms with Crippen LogP contribution < -0.4 is 0 Å². The highest BCUT2D eigenvalue weighted by Gasteiger charge is 2.40. The van der Waals surface area contributed by atoms with Gasteiger partial charge in [0.25, 0.3) is 0 Å². The zero-order valence-electron chi connectivity index (χ0n) is 6.57. The van der Waals surface area contributed by atoms with Crippen LogP contribution in [0.3, 0.4) is 0 Å². The van der Waals surface area contributed by atoms with Crippen molar-refractivity contribution < 1.29 is 17.9 Å². The van der Waals surface area contributed by atoms with Crippen molar-refractivity contribution >= 4 is 15.9 Å². The van der Waals surface area contributed by atoms with Crippen LogP contribution >= 0.6 is 15.9 Å². The molecule has 0 heterocycles. The van der Waals surface area contributed by atoms with Crippen molar-refractivity contribution in [3.05, 3.63) is 0 Å². The van der Waals surface area contributed by atoms with E-state index in [2.05, 4.69) is 15.9 Å². The van der Waals surface area contributed by atoms with E-state index in [4.69, 9.17) is 4.74 Å². The highest BCUT2D eigenvalue weighted by Crippen LogP contribution is 2.33. The first-order chi connectivity index (χ1) is 5.39. The predicted molar refractivity (Wildman–Crippen MR) is 42.3 cm³/mol. The molecule has 1 atom stereocenters. The van der Waals surface area contributed by atoms with Gasteiger partial charge in [0, 0.05) is 4.83 Å². The van der Waals surface area contributed by atoms with Crippen LogP contribution in [0.15, 0.2) is 0 Å². The van der Waals surface area contributed by atoms with Gasteiger partial charge < -0.3 is 4.74 Å². The van der Waals surface area contributed by atoms with Gasteiger partial charge in [-0.15, -0.1) is 0 Å². The number of alkyl halides is 4. The zero-order valence-corrected chi connectivity index (χ0v) is 8.15. The third kappa shape index (κ3) is 2.62. The zero-order chi connectivity index (χ0) is 9.35. The largest absolute Gasteiger partial charge is 0.414 e. The molecular weight excluding hydrogens is 237 g/mol. The minimum absolute atomic E-state index is 0.217. The van der Waals surface area contributed by atoms with E-state index in [-0.39, 0.29) is 6.10 Å². The normalized spacial score (nSPS) is 32.8. The molecular formula is C7H10BrF3O. The van der Waals surface area contributed by atoms with Gasteiger partial charge >= 0.3 is 6.18 Å². The molecule has 5 heteroatoms. The number of rotatable bonds is 2. The van der Waals surface area contributed by atoms with Crippen LogP contribution in [-0.4, -0.2) is 23.2 Å². The van der Waals surface area contributed by atoms with Gasteiger partial charge in [-0.25, -0.2) is 0 Å². The topological polar surface area (TPSA) is 9.23 Å². The summed E-state index contributed by atoms with van der Waals surface area (Å²) in [7, 11) is 0. The fourth-order valence-corrected chi connectivity index (χ4v) is 1.81. The molecule has 1 fully saturated rings. The summed E-state index contributed by atoms with van der Waals surface area (Å²) < 4.78 is 40.6. The Bertz CT molecular complexity index is 153. The van der Waals surface area contributed by atoms with Crippen molar-refractivity contribution in [2.24, 2.45) is 0 Å². The lowest BCUT2D eigenvalue weighted by Gasteiger charge is -2.33. The quantitative estimate of drug-likeness (QED) is 0.681. The van der Waals surface area contributed by atoms with E-state index < -0.39 is 12.3 Å². The lowest BCUT2D eigenvalue weighted by atomic mass is 9.96. The Morgan fingerprint density at radius 3 is 2.25 bits per heavy atom. The number of hydrogen-bond donors (Lipinski definition) is 0. The molecule has 12 heavy (non-hydrogen) atoms. The molecule has 0 aliphatic heterocycles. The monoisotopic (exact) mass is 246 g/mol. The molecule has 0 saturated heterocycles. The van der Waals surface area contributed by atoms with Crippen molar-refractivity contribution in [1.29, 1.82) is 0 Å². The van der Waals surface area contributed by atoms with Crippen LogP contribution in [0.1, 0.15) is 19.8 Å². The molecule has 0 radical (unpaired) electrons. The minimum Gasteiger partial charge on any atom is -0.366 e. The van der Waals surface area contributed by atoms with Gasteiger partial charge in [0.1, 0.15) is 0 Å². The van der Waals surface area contributed by atoms with Gasteiger partial charge in [-0.2, -0.15) is 13.2 Å². The van der Waals surface area contributed by atoms with Gasteiger partial charge in [0.15, 0.2) is 6.10 Å². The Morgan fingerprint density at radius 2 is 1.92 bits per heavy atom. The molecule has 72 valence electrons. The minimum atomic E-state index is -4.22. The lowest BCUT2D eigenvalue weighted by molar-refractivity contribution is -0.233. The Morgan fingerprint density at radius 1 is 1.42 bits per heavy atom. The van der Waals surface area contributed by atoms with Crippen LogP contribution in [-0.2, 0) is 4.74 Å². The molecule has 1 unspecified atom stereocenters. The molecule has 0 bridgehead atoms. The van der Waals surface area contributed by atoms with Gasteiger partial charge in [0.05, 0.1) is 6.10 Å². The summed E-state index contributed by atoms with van der Waals surface area (Å²) >= 11 is 3.28. The first-order valence-electron chi connectivity index (χ1n) is 3.76. The first-order valence-corrected chi connectivity index (χ1v) is 4.67. The fraction of sp³-hybridized carbons (Fsp3) is 1.00. The maximum absolute atomic E-state index is 11.9. The van der Waals surface area contributed by atoms with Crippen molar-refractivity contribution in [3.63, 3.8) is 0 Å². The van der Waals surface area contributed by atoms with E-state index in [0.717, 1.165) is 6.92 Å². The fourth-order valence-electron chi connectivity index (χ4n) is 0.978. The number of halogens is 4. The third-order valence-corrected chi connectivity index (χ3v) is 2.64. The molecule has 1 aliphatic carbocycles. The van der Waals surface area contributed by atoms with E-state index in [9.17, 15) is 13.2 Å². The van der Waals surface area contributed by atoms with Crippen molar-refractivity contribution in [3.8, 4) is 0 Å². The lowest BCUT2D eigenvalue weighted by Crippen LogP contribution is -2.39. The molecule has 1 rings (SSSR count). The van der Waals surface area contributed by atoms with E-state index in [1.165, 1.54) is 0 Å². The van der Waals surface area contributed by atoms with Gasteiger partial charge in [-0.3, -0.25) is 0 Å². The highest BCUT2D eigenvalue weighted by molar-refractivity contribution is 9.09. The molecule has 1 saturated carbocycles. The Kier molecular flexibility index (Phi) is 3.04. The first kappa shape index (κ1) is 10.3. The molecule has 0 aromatic heterocycles. The molecule has 0 aromatic rings. The van der Waals surface area contributed by atoms with Crippen LogP contribution in [0.5, 0.6) is 0 Å². The van der Waals surface area contributed by atoms with Crippen LogP contribution in [0.25, 0.3) is 0 Å². The molecule has 1 nitrogen and oxygen atoms in total. The average Bonchev–Trinajstić information content (AvgIpc) is 1.82. The Balaban J connectivity index is 2.23. The van der Waals surface area contributed by atoms with E-state index in [0.29, 0.717) is 17.7 Å². The smallest absolute Gasteiger partial charge is 0.366 e. The number of ether oxygens (including phenoxy) is 1. The summed E-state index contributed by atoms with van der Waals surface area (Å²) in [5, 5.41) is 0. The second kappa shape index (κ2) is 3.54. The van der Waals surface area contributed by atoms with E-state index in [1.54, 1.807) is 0 Å². The average molecular weight is 247 g/mol. The van der Waals surface area contributed by atoms with Crippen LogP contribution in [0.4, 0.5) is 13.2 Å². The predicted octanol–water partition coefficient (Wildman–Crippen LogP) is 2.88. The third-order valence-electron chi connectivity index (χ3n) is 1.89. The SMILES string of the molecule is CC(OC1CC(Br)C1)C(F)(F)F. The summed E-state index contributed by atoms with van der Waals surface area (Å²) in [4.78, 5) is 0.336. The van der Waals surface area contributed by atoms with Gasteiger partial charge in [-0.05, 0) is 19.8 Å². The second-order valence-electron chi connectivity index (χ2n) is 3.01. The Hall–Kier alpha value is 0.230. The van der Waals surface area contributed by atoms with E-state index >= 15 is 0 Å². The summed E-state index contributed by atoms with van der Waals surface area (Å²) in [6.07, 6.45) is -4.72. The second-order valence-corrected chi connectivity index (χ2v) is 4.31. The Labute approximate surface area is 77.4 Å². The molecule has 1 aliphatic rings. The van der Waals surface area contributed by atoms with Crippen molar-refractivity contribution in [2.75, 3.05) is 0 Å². The number of hydrogen-bond acceptors (Lipinski definition) is 1. The summed E-state index contributed by atoms with van der Waals surface area (Å²) in [5.74, 6) is 0. The standard InChI is InChI=1S/C7H10BrF3O/c1-4(7(9,10)11)12-6-2-5(8)3-6/h4-6H,2-3H2,1H3. The summed E-state index contributed by atoms with van der Waals surface area (Å²) in [5.41, 5.74) is 0. The summed E-state index contributed by atoms with van der Waals surface area (Å²) in [6, 6.07) is 0. The molecule has 0 spiro atoms. The molecule has 0 amide bonds. The maximum atomic E-state index is 11.9. The molecule has 0 aromatic carbocycles. The summed E-state index contributed by atoms with van der Waals surface area (Å²) in [6.45, 7) is 1.04. The maximum Gasteiger partial charge on any atom is 0.414 e. The van der Waals surface area contributed by atoms with Gasteiger partial charge in [0.2, 0.25) is 0 Å². The van der Waals surface area contributed by atoms with E-state index in [1.807, 2.05) is 0 Å². The van der Waals surface area contributed by atoms with Crippen LogP contribution in [0.2, 0.25) is 0 Å². The van der Waals surface area contributed by atoms with Crippen molar-refractivity contribution in [2.45, 2.75) is 43.0 Å². The molecule has 0 N–H and O–H groups in total. The van der Waals surface area contributed by atoms with Crippen LogP contribution in [0, 0.1) is 0 Å². The van der Waals surface area contributed by atoms with Gasteiger partial charge in [-0.1, -0.05) is 15.9 Å². The highest BCUT2D eigenvalue weighted by atomic mass is 79.9.